The lowest BCUT2D eigenvalue weighted by molar-refractivity contribution is -0.703. The first-order valence-electron chi connectivity index (χ1n) is 9.89. The minimum Gasteiger partial charge on any atom is -0.652 e. The van der Waals surface area contributed by atoms with E-state index in [1.807, 2.05) is 0 Å². The smallest absolute Gasteiger partial charge is 0.652 e. The van der Waals surface area contributed by atoms with Gasteiger partial charge in [-0.05, 0) is 43.7 Å². The number of unbranched alkanes of at least 4 members (excludes halogenated alkanes) is 2. The van der Waals surface area contributed by atoms with Gasteiger partial charge in [-0.15, -0.1) is 0 Å². The Morgan fingerprint density at radius 2 is 1.56 bits per heavy atom. The predicted molar refractivity (Wildman–Crippen MR) is 97.7 cm³/mol. The van der Waals surface area contributed by atoms with E-state index in [1.165, 1.54) is 64.5 Å². The molecule has 0 aliphatic carbocycles. The van der Waals surface area contributed by atoms with Crippen LogP contribution in [-0.4, -0.2) is 10.7 Å². The third-order valence-electron chi connectivity index (χ3n) is 4.77. The zero-order chi connectivity index (χ0) is 19.1. The number of hydrogen-bond acceptors (Lipinski definition) is 3. The molecule has 0 saturated heterocycles. The van der Waals surface area contributed by atoms with Crippen molar-refractivity contribution in [2.75, 3.05) is 0 Å². The molecule has 0 aliphatic heterocycles. The van der Waals surface area contributed by atoms with Crippen LogP contribution in [0.15, 0.2) is 18.7 Å². The molecule has 146 valence electrons. The highest BCUT2D eigenvalue weighted by atomic mass is 16.6. The van der Waals surface area contributed by atoms with Crippen molar-refractivity contribution in [3.8, 4) is 0 Å². The zero-order valence-corrected chi connectivity index (χ0v) is 16.6. The van der Waals surface area contributed by atoms with E-state index in [4.69, 9.17) is 15.0 Å². The van der Waals surface area contributed by atoms with E-state index in [1.54, 1.807) is 0 Å². The normalized spacial score (nSPS) is 13.0. The molecule has 0 spiro atoms. The minimum atomic E-state index is -2.33. The molecule has 0 amide bonds. The third kappa shape index (κ3) is 12.5. The maximum atomic E-state index is 8.33. The van der Waals surface area contributed by atoms with E-state index in [9.17, 15) is 0 Å². The summed E-state index contributed by atoms with van der Waals surface area (Å²) in [5, 5.41) is 16.7. The summed E-state index contributed by atoms with van der Waals surface area (Å²) in [5.41, 5.74) is 0. The molecule has 0 aromatic carbocycles. The second kappa shape index (κ2) is 14.8. The fraction of sp³-hybridized carbons (Fsp3) is 0.800. The first kappa shape index (κ1) is 23.5. The minimum absolute atomic E-state index is 0. The van der Waals surface area contributed by atoms with Crippen LogP contribution >= 0.6 is 0 Å². The van der Waals surface area contributed by atoms with Gasteiger partial charge in [0.05, 0.1) is 13.1 Å². The van der Waals surface area contributed by atoms with E-state index >= 15 is 0 Å². The van der Waals surface area contributed by atoms with Gasteiger partial charge in [0.15, 0.2) is 0 Å². The molecule has 0 saturated carbocycles. The van der Waals surface area contributed by atoms with E-state index in [0.29, 0.717) is 0 Å². The van der Waals surface area contributed by atoms with E-state index in [-0.39, 0.29) is 1.43 Å². The number of aromatic nitrogens is 2. The molecule has 1 aromatic heterocycles. The molecule has 1 heterocycles. The Kier molecular flexibility index (Phi) is 13.9. The van der Waals surface area contributed by atoms with Crippen molar-refractivity contribution in [2.24, 2.45) is 11.8 Å². The number of carbonyl (C=O) groups is 1. The highest BCUT2D eigenvalue weighted by molar-refractivity contribution is 5.47. The lowest BCUT2D eigenvalue weighted by Gasteiger charge is -2.12. The van der Waals surface area contributed by atoms with Crippen LogP contribution in [-0.2, 0) is 13.1 Å². The second-order valence-electron chi connectivity index (χ2n) is 6.89. The first-order valence-corrected chi connectivity index (χ1v) is 9.89. The Labute approximate surface area is 155 Å². The standard InChI is InChI=1S/C19H37N2.CH2O3/c1-5-9-11-18(7-3)15-20-13-14-21(17-20)16-19(8-4)12-10-6-2;2-1(3)4/h13-14,17-19H,5-12,15-16H2,1-4H3;(H2,2,3,4)/q+1;/p-1. The van der Waals surface area contributed by atoms with Gasteiger partial charge in [0.1, 0.15) is 12.4 Å². The quantitative estimate of drug-likeness (QED) is 0.542. The van der Waals surface area contributed by atoms with Gasteiger partial charge < -0.3 is 15.0 Å². The molecule has 5 nitrogen and oxygen atoms in total. The van der Waals surface area contributed by atoms with Crippen molar-refractivity contribution in [2.45, 2.75) is 92.2 Å². The molecule has 0 bridgehead atoms. The van der Waals surface area contributed by atoms with Crippen LogP contribution < -0.4 is 14.8 Å². The Bertz CT molecular complexity index is 416. The van der Waals surface area contributed by atoms with Crippen molar-refractivity contribution in [3.05, 3.63) is 18.7 Å². The molecular formula is C20H38N2O3. The topological polar surface area (TPSA) is 72.0 Å². The van der Waals surface area contributed by atoms with Crippen molar-refractivity contribution < 1.29 is 21.0 Å². The molecule has 2 atom stereocenters. The second-order valence-corrected chi connectivity index (χ2v) is 6.89. The van der Waals surface area contributed by atoms with Gasteiger partial charge in [-0.25, -0.2) is 9.13 Å². The number of nitrogens with zero attached hydrogens (tertiary/aromatic N) is 2. The fourth-order valence-corrected chi connectivity index (χ4v) is 3.09. The Hall–Kier alpha value is -1.52. The van der Waals surface area contributed by atoms with Crippen LogP contribution in [0.5, 0.6) is 0 Å². The molecular weight excluding hydrogens is 316 g/mol. The molecule has 1 aromatic rings. The van der Waals surface area contributed by atoms with E-state index < -0.39 is 6.16 Å². The molecule has 1 rings (SSSR count). The lowest BCUT2D eigenvalue weighted by Crippen LogP contribution is -2.37. The summed E-state index contributed by atoms with van der Waals surface area (Å²) in [6.07, 6.45) is 15.2. The summed E-state index contributed by atoms with van der Waals surface area (Å²) in [6, 6.07) is 0. The summed E-state index contributed by atoms with van der Waals surface area (Å²) < 4.78 is 4.80. The number of carboxylic acid groups (broad SMARTS) is 2. The molecule has 25 heavy (non-hydrogen) atoms. The molecule has 5 heteroatoms. The average molecular weight is 355 g/mol. The SMILES string of the molecule is CCCCC(CC)Cn1cc[n+](CC(CC)CCCC)c1.O=C([O-])[O-].[H+]. The summed E-state index contributed by atoms with van der Waals surface area (Å²) in [7, 11) is 0. The summed E-state index contributed by atoms with van der Waals surface area (Å²) in [6.45, 7) is 11.6. The zero-order valence-electron chi connectivity index (χ0n) is 17.6. The summed E-state index contributed by atoms with van der Waals surface area (Å²) >= 11 is 0. The molecule has 0 fully saturated rings. The van der Waals surface area contributed by atoms with Gasteiger partial charge in [-0.3, -0.25) is 0 Å². The van der Waals surface area contributed by atoms with Crippen LogP contribution in [0.3, 0.4) is 0 Å². The van der Waals surface area contributed by atoms with Crippen LogP contribution in [0.4, 0.5) is 4.79 Å². The maximum Gasteiger partial charge on any atom is 1.00 e. The van der Waals surface area contributed by atoms with Gasteiger partial charge in [0, 0.05) is 0 Å². The van der Waals surface area contributed by atoms with Gasteiger partial charge >= 0.3 is 1.43 Å². The Morgan fingerprint density at radius 1 is 1.04 bits per heavy atom. The van der Waals surface area contributed by atoms with Crippen LogP contribution in [0.25, 0.3) is 0 Å². The largest absolute Gasteiger partial charge is 1.00 e. The van der Waals surface area contributed by atoms with Gasteiger partial charge in [0.25, 0.3) is 0 Å². The van der Waals surface area contributed by atoms with Gasteiger partial charge in [-0.1, -0.05) is 53.4 Å². The highest BCUT2D eigenvalue weighted by Gasteiger charge is 2.14. The number of rotatable bonds is 12. The summed E-state index contributed by atoms with van der Waals surface area (Å²) in [5.74, 6) is 1.68. The monoisotopic (exact) mass is 354 g/mol. The molecule has 2 unspecified atom stereocenters. The van der Waals surface area contributed by atoms with E-state index in [2.05, 4.69) is 55.6 Å². The van der Waals surface area contributed by atoms with Gasteiger partial charge in [0.2, 0.25) is 6.33 Å². The van der Waals surface area contributed by atoms with Crippen molar-refractivity contribution in [1.29, 1.82) is 0 Å². The van der Waals surface area contributed by atoms with Crippen LogP contribution in [0.1, 0.15) is 80.5 Å². The Balaban J connectivity index is 0. The number of hydrogen-bond donors (Lipinski definition) is 0. The molecule has 0 N–H and O–H groups in total. The summed E-state index contributed by atoms with van der Waals surface area (Å²) in [4.78, 5) is 8.33. The van der Waals surface area contributed by atoms with Crippen LogP contribution in [0.2, 0.25) is 0 Å². The Morgan fingerprint density at radius 3 is 2.04 bits per heavy atom. The number of carbonyl (C=O) groups excluding carboxylic acids is 1. The van der Waals surface area contributed by atoms with E-state index in [0.717, 1.165) is 11.8 Å². The third-order valence-corrected chi connectivity index (χ3v) is 4.77. The molecule has 0 aliphatic rings. The van der Waals surface area contributed by atoms with Crippen LogP contribution in [0, 0.1) is 11.8 Å². The molecule has 0 radical (unpaired) electrons. The first-order chi connectivity index (χ1) is 12.0. The average Bonchev–Trinajstić information content (AvgIpc) is 3.01. The lowest BCUT2D eigenvalue weighted by atomic mass is 9.99. The predicted octanol–water partition coefficient (Wildman–Crippen LogP) is 2.87. The number of imidazole rings is 1. The maximum absolute atomic E-state index is 8.33. The van der Waals surface area contributed by atoms with Crippen molar-refractivity contribution in [1.82, 2.24) is 4.57 Å². The van der Waals surface area contributed by atoms with Gasteiger partial charge in [-0.2, -0.15) is 0 Å². The van der Waals surface area contributed by atoms with Crippen molar-refractivity contribution >= 4 is 6.16 Å². The van der Waals surface area contributed by atoms with Crippen molar-refractivity contribution in [3.63, 3.8) is 0 Å². The highest BCUT2D eigenvalue weighted by Crippen LogP contribution is 2.15. The fourth-order valence-electron chi connectivity index (χ4n) is 3.09.